The highest BCUT2D eigenvalue weighted by Gasteiger charge is 2.24. The van der Waals surface area contributed by atoms with Crippen LogP contribution in [0.25, 0.3) is 11.4 Å². The Bertz CT molecular complexity index is 1200. The lowest BCUT2D eigenvalue weighted by Gasteiger charge is -2.12. The van der Waals surface area contributed by atoms with Crippen molar-refractivity contribution in [3.63, 3.8) is 0 Å². The lowest BCUT2D eigenvalue weighted by molar-refractivity contribution is 0.0993. The Kier molecular flexibility index (Phi) is 5.90. The minimum atomic E-state index is -0.354. The number of hydrogen-bond acceptors (Lipinski definition) is 6. The topological polar surface area (TPSA) is 74.8 Å². The minimum absolute atomic E-state index is 0.0459. The van der Waals surface area contributed by atoms with Crippen molar-refractivity contribution >= 4 is 17.5 Å². The van der Waals surface area contributed by atoms with Gasteiger partial charge in [0.1, 0.15) is 5.75 Å². The summed E-state index contributed by atoms with van der Waals surface area (Å²) in [6, 6.07) is 19.4. The molecule has 0 saturated heterocycles. The van der Waals surface area contributed by atoms with Crippen LogP contribution in [-0.4, -0.2) is 42.9 Å². The SMILES string of the molecule is COc1ccc(-n2nnnc2SC(C)C(=O)c2cc(C)n(-c3ccccc3)c2C)cc1. The molecule has 2 aromatic heterocycles. The summed E-state index contributed by atoms with van der Waals surface area (Å²) in [5, 5.41) is 12.2. The van der Waals surface area contributed by atoms with Crippen molar-refractivity contribution in [2.24, 2.45) is 0 Å². The van der Waals surface area contributed by atoms with E-state index in [0.717, 1.165) is 28.5 Å². The number of benzene rings is 2. The Hall–Kier alpha value is -3.39. The van der Waals surface area contributed by atoms with Gasteiger partial charge in [-0.1, -0.05) is 30.0 Å². The lowest BCUT2D eigenvalue weighted by Crippen LogP contribution is -2.15. The molecule has 1 unspecified atom stereocenters. The molecule has 31 heavy (non-hydrogen) atoms. The predicted molar refractivity (Wildman–Crippen MR) is 121 cm³/mol. The van der Waals surface area contributed by atoms with E-state index in [9.17, 15) is 4.79 Å². The second-order valence-electron chi connectivity index (χ2n) is 7.15. The van der Waals surface area contributed by atoms with Gasteiger partial charge in [0, 0.05) is 22.6 Å². The molecule has 4 aromatic rings. The van der Waals surface area contributed by atoms with Crippen LogP contribution in [0.1, 0.15) is 28.7 Å². The number of aromatic nitrogens is 5. The van der Waals surface area contributed by atoms with Gasteiger partial charge < -0.3 is 9.30 Å². The zero-order valence-electron chi connectivity index (χ0n) is 17.8. The van der Waals surface area contributed by atoms with Gasteiger partial charge >= 0.3 is 0 Å². The molecule has 2 aromatic carbocycles. The molecule has 0 saturated carbocycles. The summed E-state index contributed by atoms with van der Waals surface area (Å²) in [5.74, 6) is 0.799. The molecule has 1 atom stereocenters. The third-order valence-corrected chi connectivity index (χ3v) is 6.15. The van der Waals surface area contributed by atoms with Crippen molar-refractivity contribution in [1.82, 2.24) is 24.8 Å². The first-order valence-electron chi connectivity index (χ1n) is 9.87. The number of ether oxygens (including phenoxy) is 1. The van der Waals surface area contributed by atoms with Crippen LogP contribution in [0.5, 0.6) is 5.75 Å². The Morgan fingerprint density at radius 1 is 1.03 bits per heavy atom. The van der Waals surface area contributed by atoms with E-state index >= 15 is 0 Å². The number of carbonyl (C=O) groups excluding carboxylic acids is 1. The van der Waals surface area contributed by atoms with Crippen LogP contribution in [0.3, 0.4) is 0 Å². The van der Waals surface area contributed by atoms with Crippen molar-refractivity contribution < 1.29 is 9.53 Å². The van der Waals surface area contributed by atoms with Crippen molar-refractivity contribution in [2.75, 3.05) is 7.11 Å². The van der Waals surface area contributed by atoms with Crippen LogP contribution >= 0.6 is 11.8 Å². The first-order chi connectivity index (χ1) is 15.0. The molecule has 0 amide bonds. The molecule has 0 aliphatic heterocycles. The number of tetrazole rings is 1. The molecule has 7 nitrogen and oxygen atoms in total. The maximum absolute atomic E-state index is 13.3. The van der Waals surface area contributed by atoms with E-state index in [0.29, 0.717) is 10.7 Å². The van der Waals surface area contributed by atoms with Crippen LogP contribution < -0.4 is 4.74 Å². The molecule has 0 bridgehead atoms. The number of thioether (sulfide) groups is 1. The van der Waals surface area contributed by atoms with Gasteiger partial charge in [0.2, 0.25) is 5.16 Å². The highest BCUT2D eigenvalue weighted by molar-refractivity contribution is 8.00. The van der Waals surface area contributed by atoms with Crippen LogP contribution in [0.4, 0.5) is 0 Å². The molecule has 0 N–H and O–H groups in total. The van der Waals surface area contributed by atoms with Crippen LogP contribution in [0.2, 0.25) is 0 Å². The summed E-state index contributed by atoms with van der Waals surface area (Å²) in [6.45, 7) is 5.87. The summed E-state index contributed by atoms with van der Waals surface area (Å²) in [4.78, 5) is 13.3. The standard InChI is InChI=1S/C23H23N5O2S/c1-15-14-21(16(2)27(15)18-8-6-5-7-9-18)22(29)17(3)31-23-24-25-26-28(23)19-10-12-20(30-4)13-11-19/h5-14,17H,1-4H3. The molecule has 8 heteroatoms. The maximum atomic E-state index is 13.3. The van der Waals surface area contributed by atoms with Crippen LogP contribution in [-0.2, 0) is 0 Å². The average Bonchev–Trinajstić information content (AvgIpc) is 3.37. The highest BCUT2D eigenvalue weighted by Crippen LogP contribution is 2.29. The zero-order valence-corrected chi connectivity index (χ0v) is 18.6. The fraction of sp³-hybridized carbons (Fsp3) is 0.217. The zero-order chi connectivity index (χ0) is 22.0. The van der Waals surface area contributed by atoms with Gasteiger partial charge in [-0.05, 0) is 73.7 Å². The third kappa shape index (κ3) is 4.11. The Balaban J connectivity index is 1.57. The van der Waals surface area contributed by atoms with Gasteiger partial charge in [0.05, 0.1) is 18.0 Å². The largest absolute Gasteiger partial charge is 0.497 e. The third-order valence-electron chi connectivity index (χ3n) is 5.12. The van der Waals surface area contributed by atoms with Gasteiger partial charge in [-0.25, -0.2) is 0 Å². The van der Waals surface area contributed by atoms with E-state index in [2.05, 4.69) is 20.1 Å². The summed E-state index contributed by atoms with van der Waals surface area (Å²) in [7, 11) is 1.62. The van der Waals surface area contributed by atoms with E-state index in [1.165, 1.54) is 11.8 Å². The number of aryl methyl sites for hydroxylation is 1. The molecular weight excluding hydrogens is 410 g/mol. The number of carbonyl (C=O) groups is 1. The average molecular weight is 434 g/mol. The van der Waals surface area contributed by atoms with Crippen molar-refractivity contribution in [3.05, 3.63) is 77.6 Å². The first kappa shape index (κ1) is 20.9. The van der Waals surface area contributed by atoms with E-state index in [1.807, 2.05) is 81.4 Å². The second kappa shape index (κ2) is 8.77. The number of rotatable bonds is 7. The highest BCUT2D eigenvalue weighted by atomic mass is 32.2. The summed E-state index contributed by atoms with van der Waals surface area (Å²) in [6.07, 6.45) is 0. The van der Waals surface area contributed by atoms with E-state index in [4.69, 9.17) is 4.74 Å². The number of nitrogens with zero attached hydrogens (tertiary/aromatic N) is 5. The summed E-state index contributed by atoms with van der Waals surface area (Å²) >= 11 is 1.34. The van der Waals surface area contributed by atoms with Crippen LogP contribution in [0.15, 0.2) is 65.8 Å². The second-order valence-corrected chi connectivity index (χ2v) is 8.46. The molecule has 0 aliphatic carbocycles. The number of Topliss-reactive ketones (excluding diaryl/α,β-unsaturated/α-hetero) is 1. The molecule has 158 valence electrons. The number of para-hydroxylation sites is 1. The Labute approximate surface area is 185 Å². The van der Waals surface area contributed by atoms with Gasteiger partial charge in [-0.3, -0.25) is 4.79 Å². The number of hydrogen-bond donors (Lipinski definition) is 0. The summed E-state index contributed by atoms with van der Waals surface area (Å²) in [5.41, 5.74) is 4.50. The fourth-order valence-corrected chi connectivity index (χ4v) is 4.43. The van der Waals surface area contributed by atoms with Gasteiger partial charge in [-0.2, -0.15) is 4.68 Å². The molecule has 4 rings (SSSR count). The molecule has 2 heterocycles. The number of ketones is 1. The summed E-state index contributed by atoms with van der Waals surface area (Å²) < 4.78 is 8.93. The van der Waals surface area contributed by atoms with Crippen LogP contribution in [0, 0.1) is 13.8 Å². The van der Waals surface area contributed by atoms with Crippen molar-refractivity contribution in [3.8, 4) is 17.1 Å². The smallest absolute Gasteiger partial charge is 0.214 e. The van der Waals surface area contributed by atoms with Crippen molar-refractivity contribution in [2.45, 2.75) is 31.2 Å². The van der Waals surface area contributed by atoms with Gasteiger partial charge in [-0.15, -0.1) is 5.10 Å². The number of methoxy groups -OCH3 is 1. The van der Waals surface area contributed by atoms with E-state index < -0.39 is 0 Å². The van der Waals surface area contributed by atoms with Crippen molar-refractivity contribution in [1.29, 1.82) is 0 Å². The Morgan fingerprint density at radius 2 is 1.74 bits per heavy atom. The first-order valence-corrected chi connectivity index (χ1v) is 10.8. The molecule has 0 radical (unpaired) electrons. The fourth-order valence-electron chi connectivity index (χ4n) is 3.56. The normalized spacial score (nSPS) is 12.0. The van der Waals surface area contributed by atoms with Gasteiger partial charge in [0.15, 0.2) is 5.78 Å². The van der Waals surface area contributed by atoms with Gasteiger partial charge in [0.25, 0.3) is 0 Å². The van der Waals surface area contributed by atoms with E-state index in [-0.39, 0.29) is 11.0 Å². The lowest BCUT2D eigenvalue weighted by atomic mass is 10.1. The van der Waals surface area contributed by atoms with E-state index in [1.54, 1.807) is 11.8 Å². The minimum Gasteiger partial charge on any atom is -0.497 e. The quantitative estimate of drug-likeness (QED) is 0.317. The molecular formula is C23H23N5O2S. The molecule has 0 spiro atoms. The maximum Gasteiger partial charge on any atom is 0.214 e. The Morgan fingerprint density at radius 3 is 2.42 bits per heavy atom. The predicted octanol–water partition coefficient (Wildman–Crippen LogP) is 4.44. The molecule has 0 aliphatic rings. The monoisotopic (exact) mass is 433 g/mol. The molecule has 0 fully saturated rings.